The highest BCUT2D eigenvalue weighted by molar-refractivity contribution is 5.88. The number of nitrogens with zero attached hydrogens (tertiary/aromatic N) is 2. The summed E-state index contributed by atoms with van der Waals surface area (Å²) in [4.78, 5) is 20.6. The first kappa shape index (κ1) is 21.1. The summed E-state index contributed by atoms with van der Waals surface area (Å²) in [5, 5.41) is 1.26. The van der Waals surface area contributed by atoms with Crippen LogP contribution in [0.25, 0.3) is 10.9 Å². The van der Waals surface area contributed by atoms with E-state index in [4.69, 9.17) is 4.74 Å². The molecule has 1 aromatic heterocycles. The van der Waals surface area contributed by atoms with Crippen LogP contribution in [-0.2, 0) is 21.4 Å². The van der Waals surface area contributed by atoms with Crippen LogP contribution >= 0.6 is 0 Å². The van der Waals surface area contributed by atoms with Crippen LogP contribution in [-0.4, -0.2) is 42.1 Å². The molecular formula is C28H32N2O2. The van der Waals surface area contributed by atoms with Crippen molar-refractivity contribution < 1.29 is 9.53 Å². The highest BCUT2D eigenvalue weighted by Gasteiger charge is 2.44. The average molecular weight is 429 g/mol. The first-order valence-electron chi connectivity index (χ1n) is 12.0. The van der Waals surface area contributed by atoms with Gasteiger partial charge in [-0.15, -0.1) is 0 Å². The van der Waals surface area contributed by atoms with Gasteiger partial charge in [0.25, 0.3) is 0 Å². The van der Waals surface area contributed by atoms with Crippen LogP contribution in [0.2, 0.25) is 0 Å². The van der Waals surface area contributed by atoms with Crippen LogP contribution in [0.5, 0.6) is 0 Å². The van der Waals surface area contributed by atoms with Crippen LogP contribution in [0.15, 0.2) is 66.9 Å². The Labute approximate surface area is 190 Å². The molecule has 0 bridgehead atoms. The highest BCUT2D eigenvalue weighted by atomic mass is 16.5. The number of hydrogen-bond acceptors (Lipinski definition) is 3. The molecule has 2 saturated heterocycles. The summed E-state index contributed by atoms with van der Waals surface area (Å²) in [7, 11) is 0. The molecule has 2 aliphatic heterocycles. The zero-order valence-electron chi connectivity index (χ0n) is 18.7. The van der Waals surface area contributed by atoms with Crippen molar-refractivity contribution in [1.29, 1.82) is 0 Å². The number of carbonyl (C=O) groups is 1. The van der Waals surface area contributed by atoms with Crippen molar-refractivity contribution in [1.82, 2.24) is 9.88 Å². The maximum atomic E-state index is 13.9. The third-order valence-corrected chi connectivity index (χ3v) is 7.46. The number of fused-ring (bicyclic) bond motifs is 1. The van der Waals surface area contributed by atoms with E-state index >= 15 is 0 Å². The fourth-order valence-electron chi connectivity index (χ4n) is 5.63. The predicted octanol–water partition coefficient (Wildman–Crippen LogP) is 5.15. The molecule has 1 atom stereocenters. The number of benzene rings is 2. The van der Waals surface area contributed by atoms with E-state index in [0.717, 1.165) is 56.3 Å². The van der Waals surface area contributed by atoms with Gasteiger partial charge in [0.05, 0.1) is 10.9 Å². The minimum Gasteiger partial charge on any atom is -0.381 e. The summed E-state index contributed by atoms with van der Waals surface area (Å²) in [5.41, 5.74) is 3.17. The number of pyridine rings is 1. The van der Waals surface area contributed by atoms with Crippen LogP contribution in [0.3, 0.4) is 0 Å². The second-order valence-corrected chi connectivity index (χ2v) is 9.34. The molecule has 0 unspecified atom stereocenters. The van der Waals surface area contributed by atoms with Gasteiger partial charge in [0, 0.05) is 37.9 Å². The Morgan fingerprint density at radius 2 is 1.81 bits per heavy atom. The SMILES string of the molecule is O=C(N1CCC[C@H](Cc2cccc3ncccc23)CC1)C1(c2ccccc2)CCOCC1. The molecule has 32 heavy (non-hydrogen) atoms. The lowest BCUT2D eigenvalue weighted by Crippen LogP contribution is -2.50. The van der Waals surface area contributed by atoms with Crippen molar-refractivity contribution in [3.8, 4) is 0 Å². The Bertz CT molecular complexity index is 1050. The van der Waals surface area contributed by atoms with Gasteiger partial charge >= 0.3 is 0 Å². The van der Waals surface area contributed by atoms with Gasteiger partial charge < -0.3 is 9.64 Å². The van der Waals surface area contributed by atoms with E-state index < -0.39 is 5.41 Å². The molecule has 1 amide bonds. The zero-order valence-corrected chi connectivity index (χ0v) is 18.7. The molecule has 2 aliphatic rings. The third-order valence-electron chi connectivity index (χ3n) is 7.46. The lowest BCUT2D eigenvalue weighted by Gasteiger charge is -2.40. The molecule has 3 aromatic rings. The molecular weight excluding hydrogens is 396 g/mol. The predicted molar refractivity (Wildman–Crippen MR) is 128 cm³/mol. The van der Waals surface area contributed by atoms with Gasteiger partial charge in [-0.05, 0) is 67.7 Å². The maximum absolute atomic E-state index is 13.9. The van der Waals surface area contributed by atoms with Gasteiger partial charge in [-0.3, -0.25) is 9.78 Å². The van der Waals surface area contributed by atoms with Gasteiger partial charge in [0.1, 0.15) is 0 Å². The Morgan fingerprint density at radius 1 is 0.969 bits per heavy atom. The van der Waals surface area contributed by atoms with E-state index in [9.17, 15) is 4.79 Å². The average Bonchev–Trinajstić information content (AvgIpc) is 3.10. The summed E-state index contributed by atoms with van der Waals surface area (Å²) in [6.45, 7) is 3.03. The van der Waals surface area contributed by atoms with Crippen molar-refractivity contribution in [2.75, 3.05) is 26.3 Å². The molecule has 166 valence electrons. The first-order valence-corrected chi connectivity index (χ1v) is 12.0. The summed E-state index contributed by atoms with van der Waals surface area (Å²) < 4.78 is 5.65. The van der Waals surface area contributed by atoms with Gasteiger partial charge in [-0.2, -0.15) is 0 Å². The molecule has 0 spiro atoms. The molecule has 0 aliphatic carbocycles. The molecule has 0 N–H and O–H groups in total. The normalized spacial score (nSPS) is 21.2. The first-order chi connectivity index (χ1) is 15.8. The van der Waals surface area contributed by atoms with Crippen molar-refractivity contribution >= 4 is 16.8 Å². The standard InChI is InChI=1S/C28H32N2O2/c31-27(28(14-19-32-20-15-28)24-9-2-1-3-10-24)30-17-6-7-22(13-18-30)21-23-8-4-12-26-25(23)11-5-16-29-26/h1-5,8-12,16,22H,6-7,13-15,17-21H2/t22-/m0/s1. The van der Waals surface area contributed by atoms with Gasteiger partial charge in [-0.25, -0.2) is 0 Å². The van der Waals surface area contributed by atoms with Gasteiger partial charge in [0.2, 0.25) is 5.91 Å². The molecule has 0 radical (unpaired) electrons. The second-order valence-electron chi connectivity index (χ2n) is 9.34. The fraction of sp³-hybridized carbons (Fsp3) is 0.429. The smallest absolute Gasteiger partial charge is 0.233 e. The minimum absolute atomic E-state index is 0.307. The number of ether oxygens (including phenoxy) is 1. The number of amides is 1. The fourth-order valence-corrected chi connectivity index (χ4v) is 5.63. The van der Waals surface area contributed by atoms with Crippen molar-refractivity contribution in [2.24, 2.45) is 5.92 Å². The van der Waals surface area contributed by atoms with Crippen LogP contribution in [0.4, 0.5) is 0 Å². The Kier molecular flexibility index (Phi) is 6.22. The highest BCUT2D eigenvalue weighted by Crippen LogP contribution is 2.38. The number of aromatic nitrogens is 1. The van der Waals surface area contributed by atoms with Crippen LogP contribution in [0.1, 0.15) is 43.2 Å². The topological polar surface area (TPSA) is 42.4 Å². The lowest BCUT2D eigenvalue weighted by molar-refractivity contribution is -0.141. The van der Waals surface area contributed by atoms with Crippen molar-refractivity contribution in [2.45, 2.75) is 43.9 Å². The van der Waals surface area contributed by atoms with Gasteiger partial charge in [-0.1, -0.05) is 48.5 Å². The molecule has 2 fully saturated rings. The van der Waals surface area contributed by atoms with E-state index in [1.165, 1.54) is 17.4 Å². The van der Waals surface area contributed by atoms with Crippen molar-refractivity contribution in [3.63, 3.8) is 0 Å². The molecule has 3 heterocycles. The Balaban J connectivity index is 1.32. The van der Waals surface area contributed by atoms with E-state index in [1.54, 1.807) is 0 Å². The number of carbonyl (C=O) groups excluding carboxylic acids is 1. The van der Waals surface area contributed by atoms with E-state index in [-0.39, 0.29) is 0 Å². The number of hydrogen-bond donors (Lipinski definition) is 0. The minimum atomic E-state index is -0.430. The van der Waals surface area contributed by atoms with Gasteiger partial charge in [0.15, 0.2) is 0 Å². The van der Waals surface area contributed by atoms with E-state index in [1.807, 2.05) is 18.3 Å². The van der Waals surface area contributed by atoms with Crippen LogP contribution < -0.4 is 0 Å². The zero-order chi connectivity index (χ0) is 21.8. The number of rotatable bonds is 4. The molecule has 4 nitrogen and oxygen atoms in total. The van der Waals surface area contributed by atoms with Crippen LogP contribution in [0, 0.1) is 5.92 Å². The van der Waals surface area contributed by atoms with E-state index in [2.05, 4.69) is 58.4 Å². The molecule has 5 rings (SSSR count). The quantitative estimate of drug-likeness (QED) is 0.577. The second kappa shape index (κ2) is 9.41. The maximum Gasteiger partial charge on any atom is 0.233 e. The summed E-state index contributed by atoms with van der Waals surface area (Å²) in [5.74, 6) is 0.906. The monoisotopic (exact) mass is 428 g/mol. The Morgan fingerprint density at radius 3 is 2.66 bits per heavy atom. The molecule has 4 heteroatoms. The number of likely N-dealkylation sites (tertiary alicyclic amines) is 1. The van der Waals surface area contributed by atoms with Crippen molar-refractivity contribution in [3.05, 3.63) is 78.0 Å². The summed E-state index contributed by atoms with van der Waals surface area (Å²) in [6.07, 6.45) is 7.77. The summed E-state index contributed by atoms with van der Waals surface area (Å²) >= 11 is 0. The lowest BCUT2D eigenvalue weighted by atomic mass is 9.73. The largest absolute Gasteiger partial charge is 0.381 e. The summed E-state index contributed by atoms with van der Waals surface area (Å²) in [6, 6.07) is 21.0. The Hall–Kier alpha value is -2.72. The third kappa shape index (κ3) is 4.16. The molecule has 0 saturated carbocycles. The molecule has 2 aromatic carbocycles. The van der Waals surface area contributed by atoms with E-state index in [0.29, 0.717) is 25.0 Å².